The molecule has 0 bridgehead atoms. The van der Waals surface area contributed by atoms with E-state index in [4.69, 9.17) is 4.98 Å². The molecule has 0 saturated carbocycles. The minimum Gasteiger partial charge on any atom is -0.465 e. The quantitative estimate of drug-likeness (QED) is 0.807. The van der Waals surface area contributed by atoms with Crippen LogP contribution < -0.4 is 4.90 Å². The van der Waals surface area contributed by atoms with Crippen molar-refractivity contribution >= 4 is 22.7 Å². The molecule has 7 nitrogen and oxygen atoms in total. The molecule has 3 fully saturated rings. The molecule has 1 aromatic heterocycles. The first-order chi connectivity index (χ1) is 15.1. The fourth-order valence-electron chi connectivity index (χ4n) is 5.64. The van der Waals surface area contributed by atoms with E-state index in [-0.39, 0.29) is 5.54 Å². The zero-order valence-electron chi connectivity index (χ0n) is 17.8. The molecular weight excluding hydrogens is 397 g/mol. The predicted octanol–water partition coefficient (Wildman–Crippen LogP) is 3.63. The van der Waals surface area contributed by atoms with Gasteiger partial charge in [0.2, 0.25) is 0 Å². The van der Waals surface area contributed by atoms with Gasteiger partial charge in [-0.3, -0.25) is 4.90 Å². The number of piperidine rings is 2. The predicted molar refractivity (Wildman–Crippen MR) is 117 cm³/mol. The topological polar surface area (TPSA) is 72.8 Å². The monoisotopic (exact) mass is 427 g/mol. The Bertz CT molecular complexity index is 948. The number of halogens is 1. The molecule has 0 radical (unpaired) electrons. The maximum absolute atomic E-state index is 13.6. The number of fused-ring (bicyclic) bond motifs is 1. The molecule has 31 heavy (non-hydrogen) atoms. The average Bonchev–Trinajstić information content (AvgIpc) is 3.34. The van der Waals surface area contributed by atoms with E-state index in [9.17, 15) is 14.3 Å². The number of hydrogen-bond donors (Lipinski definition) is 1. The van der Waals surface area contributed by atoms with Crippen molar-refractivity contribution in [3.63, 3.8) is 0 Å². The van der Waals surface area contributed by atoms with Gasteiger partial charge in [0.25, 0.3) is 0 Å². The number of carboxylic acid groups (broad SMARTS) is 1. The average molecular weight is 428 g/mol. The van der Waals surface area contributed by atoms with Crippen LogP contribution >= 0.6 is 0 Å². The van der Waals surface area contributed by atoms with Crippen molar-refractivity contribution in [2.24, 2.45) is 0 Å². The van der Waals surface area contributed by atoms with Crippen molar-refractivity contribution in [2.75, 3.05) is 44.2 Å². The van der Waals surface area contributed by atoms with Crippen molar-refractivity contribution in [2.45, 2.75) is 50.2 Å². The van der Waals surface area contributed by atoms with E-state index < -0.39 is 12.3 Å². The Morgan fingerprint density at radius 2 is 1.74 bits per heavy atom. The van der Waals surface area contributed by atoms with Crippen LogP contribution in [0.4, 0.5) is 14.9 Å². The van der Waals surface area contributed by atoms with Gasteiger partial charge >= 0.3 is 6.09 Å². The first kappa shape index (κ1) is 20.4. The van der Waals surface area contributed by atoms with Crippen molar-refractivity contribution in [3.05, 3.63) is 30.2 Å². The molecule has 0 unspecified atom stereocenters. The summed E-state index contributed by atoms with van der Waals surface area (Å²) >= 11 is 0. The summed E-state index contributed by atoms with van der Waals surface area (Å²) < 4.78 is 13.6. The van der Waals surface area contributed by atoms with Crippen LogP contribution in [-0.4, -0.2) is 76.4 Å². The Morgan fingerprint density at radius 1 is 1.03 bits per heavy atom. The number of benzene rings is 1. The standard InChI is InChI=1S/C23H30FN5O2/c24-17-5-11-27(12-6-17)18-3-4-19-20(15-18)25-16-26-21(19)23(29-9-1-2-10-29)7-13-28(14-8-23)22(30)31/h3-4,15-17H,1-2,5-14H2,(H,30,31). The third-order valence-corrected chi connectivity index (χ3v) is 7.42. The second kappa shape index (κ2) is 8.22. The first-order valence-electron chi connectivity index (χ1n) is 11.4. The van der Waals surface area contributed by atoms with Gasteiger partial charge < -0.3 is 14.9 Å². The third kappa shape index (κ3) is 3.71. The molecular formula is C23H30FN5O2. The number of carbonyl (C=O) groups is 1. The Hall–Kier alpha value is -2.48. The van der Waals surface area contributed by atoms with Gasteiger partial charge in [-0.1, -0.05) is 0 Å². The Kier molecular flexibility index (Phi) is 5.42. The van der Waals surface area contributed by atoms with Crippen LogP contribution in [0, 0.1) is 0 Å². The van der Waals surface area contributed by atoms with Gasteiger partial charge in [0.05, 0.1) is 16.7 Å². The summed E-state index contributed by atoms with van der Waals surface area (Å²) in [6.07, 6.45) is 5.10. The highest BCUT2D eigenvalue weighted by molar-refractivity contribution is 5.85. The summed E-state index contributed by atoms with van der Waals surface area (Å²) in [6.45, 7) is 4.55. The molecule has 2 aromatic rings. The summed E-state index contributed by atoms with van der Waals surface area (Å²) in [5, 5.41) is 10.5. The molecule has 3 saturated heterocycles. The molecule has 5 rings (SSSR count). The Labute approximate surface area is 181 Å². The van der Waals surface area contributed by atoms with Gasteiger partial charge in [0, 0.05) is 37.3 Å². The molecule has 3 aliphatic rings. The number of likely N-dealkylation sites (tertiary alicyclic amines) is 2. The molecule has 166 valence electrons. The van der Waals surface area contributed by atoms with E-state index in [1.54, 1.807) is 6.33 Å². The smallest absolute Gasteiger partial charge is 0.407 e. The van der Waals surface area contributed by atoms with Crippen molar-refractivity contribution in [3.8, 4) is 0 Å². The van der Waals surface area contributed by atoms with Gasteiger partial charge in [-0.05, 0) is 69.8 Å². The highest BCUT2D eigenvalue weighted by Gasteiger charge is 2.45. The largest absolute Gasteiger partial charge is 0.465 e. The Morgan fingerprint density at radius 3 is 2.42 bits per heavy atom. The minimum absolute atomic E-state index is 0.252. The van der Waals surface area contributed by atoms with Gasteiger partial charge in [-0.2, -0.15) is 0 Å². The maximum Gasteiger partial charge on any atom is 0.407 e. The number of amides is 1. The fraction of sp³-hybridized carbons (Fsp3) is 0.609. The summed E-state index contributed by atoms with van der Waals surface area (Å²) in [6, 6.07) is 6.32. The van der Waals surface area contributed by atoms with Crippen LogP contribution in [0.25, 0.3) is 10.9 Å². The van der Waals surface area contributed by atoms with E-state index >= 15 is 0 Å². The van der Waals surface area contributed by atoms with Crippen LogP contribution in [-0.2, 0) is 5.54 Å². The molecule has 1 amide bonds. The maximum atomic E-state index is 13.6. The number of rotatable bonds is 3. The van der Waals surface area contributed by atoms with Crippen molar-refractivity contribution in [1.29, 1.82) is 0 Å². The van der Waals surface area contributed by atoms with E-state index in [1.807, 2.05) is 0 Å². The van der Waals surface area contributed by atoms with Crippen LogP contribution in [0.1, 0.15) is 44.2 Å². The number of alkyl halides is 1. The lowest BCUT2D eigenvalue weighted by Crippen LogP contribution is -2.53. The summed E-state index contributed by atoms with van der Waals surface area (Å²) in [5.74, 6) is 0. The number of anilines is 1. The van der Waals surface area contributed by atoms with Crippen molar-refractivity contribution < 1.29 is 14.3 Å². The van der Waals surface area contributed by atoms with Gasteiger partial charge in [0.1, 0.15) is 12.5 Å². The molecule has 1 N–H and O–H groups in total. The first-order valence-corrected chi connectivity index (χ1v) is 11.4. The summed E-state index contributed by atoms with van der Waals surface area (Å²) in [4.78, 5) is 27.1. The van der Waals surface area contributed by atoms with Crippen molar-refractivity contribution in [1.82, 2.24) is 19.8 Å². The molecule has 1 aromatic carbocycles. The van der Waals surface area contributed by atoms with Crippen LogP contribution in [0.5, 0.6) is 0 Å². The lowest BCUT2D eigenvalue weighted by Gasteiger charge is -2.47. The van der Waals surface area contributed by atoms with Crippen LogP contribution in [0.3, 0.4) is 0 Å². The van der Waals surface area contributed by atoms with E-state index in [2.05, 4.69) is 33.0 Å². The van der Waals surface area contributed by atoms with Crippen LogP contribution in [0.2, 0.25) is 0 Å². The molecule has 4 heterocycles. The molecule has 3 aliphatic heterocycles. The normalized spacial score (nSPS) is 22.9. The number of aromatic nitrogens is 2. The second-order valence-corrected chi connectivity index (χ2v) is 9.08. The molecule has 0 spiro atoms. The lowest BCUT2D eigenvalue weighted by molar-refractivity contribution is 0.0338. The zero-order chi connectivity index (χ0) is 21.4. The fourth-order valence-corrected chi connectivity index (χ4v) is 5.64. The summed E-state index contributed by atoms with van der Waals surface area (Å²) in [7, 11) is 0. The minimum atomic E-state index is -0.843. The molecule has 0 atom stereocenters. The zero-order valence-corrected chi connectivity index (χ0v) is 17.8. The van der Waals surface area contributed by atoms with Crippen LogP contribution in [0.15, 0.2) is 24.5 Å². The van der Waals surface area contributed by atoms with E-state index in [0.29, 0.717) is 25.9 Å². The SMILES string of the molecule is O=C(O)N1CCC(c2ncnc3cc(N4CCC(F)CC4)ccc23)(N2CCCC2)CC1. The number of nitrogens with zero attached hydrogens (tertiary/aromatic N) is 5. The third-order valence-electron chi connectivity index (χ3n) is 7.42. The van der Waals surface area contributed by atoms with E-state index in [1.165, 1.54) is 17.7 Å². The molecule has 0 aliphatic carbocycles. The number of hydrogen-bond acceptors (Lipinski definition) is 5. The van der Waals surface area contributed by atoms with Gasteiger partial charge in [-0.15, -0.1) is 0 Å². The van der Waals surface area contributed by atoms with E-state index in [0.717, 1.165) is 61.3 Å². The highest BCUT2D eigenvalue weighted by atomic mass is 19.1. The highest BCUT2D eigenvalue weighted by Crippen LogP contribution is 2.42. The van der Waals surface area contributed by atoms with Gasteiger partial charge in [-0.25, -0.2) is 19.2 Å². The molecule has 8 heteroatoms. The van der Waals surface area contributed by atoms with Gasteiger partial charge in [0.15, 0.2) is 0 Å². The Balaban J connectivity index is 1.51. The lowest BCUT2D eigenvalue weighted by atomic mass is 9.81. The summed E-state index contributed by atoms with van der Waals surface area (Å²) in [5.41, 5.74) is 2.76. The second-order valence-electron chi connectivity index (χ2n) is 9.08.